The molecule has 2 aromatic carbocycles. The first-order chi connectivity index (χ1) is 19.1. The van der Waals surface area contributed by atoms with Gasteiger partial charge in [-0.15, -0.1) is 0 Å². The average molecular weight is 548 g/mol. The Morgan fingerprint density at radius 2 is 1.90 bits per heavy atom. The van der Waals surface area contributed by atoms with Crippen molar-refractivity contribution in [3.63, 3.8) is 0 Å². The summed E-state index contributed by atoms with van der Waals surface area (Å²) in [4.78, 5) is 15.7. The molecule has 1 heterocycles. The van der Waals surface area contributed by atoms with Crippen LogP contribution in [0.15, 0.2) is 42.6 Å². The average Bonchev–Trinajstić information content (AvgIpc) is 3.55. The summed E-state index contributed by atoms with van der Waals surface area (Å²) in [5.41, 5.74) is 4.02. The Morgan fingerprint density at radius 3 is 2.60 bits per heavy atom. The molecule has 1 spiro atoms. The molecule has 0 saturated heterocycles. The Bertz CT molecular complexity index is 1490. The molecule has 1 N–H and O–H groups in total. The van der Waals surface area contributed by atoms with Crippen LogP contribution >= 0.6 is 0 Å². The summed E-state index contributed by atoms with van der Waals surface area (Å²) in [7, 11) is 1.47. The van der Waals surface area contributed by atoms with E-state index in [0.29, 0.717) is 23.3 Å². The van der Waals surface area contributed by atoms with Crippen LogP contribution in [0.5, 0.6) is 11.6 Å². The molecule has 2 saturated carbocycles. The maximum atomic E-state index is 15.6. The number of aryl methyl sites for hydroxylation is 1. The van der Waals surface area contributed by atoms with Crippen LogP contribution in [-0.2, 0) is 23.2 Å². The molecule has 3 aliphatic rings. The Labute approximate surface area is 233 Å². The number of carboxylic acid groups (broad SMARTS) is 1. The van der Waals surface area contributed by atoms with E-state index in [-0.39, 0.29) is 40.7 Å². The molecule has 40 heavy (non-hydrogen) atoms. The van der Waals surface area contributed by atoms with Crippen molar-refractivity contribution in [1.82, 2.24) is 4.98 Å². The minimum absolute atomic E-state index is 0.0164. The van der Waals surface area contributed by atoms with E-state index in [0.717, 1.165) is 55.8 Å². The molecule has 3 aliphatic carbocycles. The van der Waals surface area contributed by atoms with Crippen LogP contribution in [0.4, 0.5) is 8.78 Å². The summed E-state index contributed by atoms with van der Waals surface area (Å²) in [5.74, 6) is -1.08. The van der Waals surface area contributed by atoms with Crippen LogP contribution < -0.4 is 9.47 Å². The smallest absolute Gasteiger partial charge is 0.307 e. The second-order valence-corrected chi connectivity index (χ2v) is 12.4. The lowest BCUT2D eigenvalue weighted by molar-refractivity contribution is -0.139. The van der Waals surface area contributed by atoms with Gasteiger partial charge in [0.2, 0.25) is 5.88 Å². The van der Waals surface area contributed by atoms with Crippen molar-refractivity contribution in [3.8, 4) is 22.8 Å². The van der Waals surface area contributed by atoms with E-state index in [2.05, 4.69) is 18.8 Å². The third-order valence-electron chi connectivity index (χ3n) is 9.64. The highest BCUT2D eigenvalue weighted by atomic mass is 19.1. The molecule has 0 aliphatic heterocycles. The van der Waals surface area contributed by atoms with Gasteiger partial charge in [0.25, 0.3) is 0 Å². The molecule has 0 bridgehead atoms. The first-order valence-electron chi connectivity index (χ1n) is 14.1. The third-order valence-corrected chi connectivity index (χ3v) is 9.64. The second kappa shape index (κ2) is 9.86. The van der Waals surface area contributed by atoms with Gasteiger partial charge in [-0.3, -0.25) is 4.79 Å². The van der Waals surface area contributed by atoms with Crippen molar-refractivity contribution in [3.05, 3.63) is 76.5 Å². The van der Waals surface area contributed by atoms with Crippen molar-refractivity contribution < 1.29 is 28.2 Å². The van der Waals surface area contributed by atoms with Gasteiger partial charge in [0.1, 0.15) is 24.0 Å². The van der Waals surface area contributed by atoms with Gasteiger partial charge in [0, 0.05) is 22.6 Å². The SMILES string of the molecule is COc1cc(-c2cc(F)c(COc3ccc4c(c3)[C@]3(CCC4)C[C@H]3C(=O)O)cc2[C@@H]2CCCC2(C)C)c(F)cn1. The molecule has 0 unspecified atom stereocenters. The molecule has 0 amide bonds. The van der Waals surface area contributed by atoms with Crippen LogP contribution in [-0.4, -0.2) is 23.2 Å². The second-order valence-electron chi connectivity index (χ2n) is 12.4. The van der Waals surface area contributed by atoms with Gasteiger partial charge < -0.3 is 14.6 Å². The number of hydrogen-bond donors (Lipinski definition) is 1. The zero-order chi connectivity index (χ0) is 28.2. The topological polar surface area (TPSA) is 68.7 Å². The fraction of sp³-hybridized carbons (Fsp3) is 0.455. The van der Waals surface area contributed by atoms with Gasteiger partial charge in [-0.05, 0) is 96.4 Å². The first kappa shape index (κ1) is 26.7. The van der Waals surface area contributed by atoms with Crippen molar-refractivity contribution in [2.24, 2.45) is 11.3 Å². The van der Waals surface area contributed by atoms with E-state index < -0.39 is 17.6 Å². The number of aromatic nitrogens is 1. The normalized spacial score (nSPS) is 24.5. The molecule has 210 valence electrons. The van der Waals surface area contributed by atoms with Crippen LogP contribution in [0.3, 0.4) is 0 Å². The maximum absolute atomic E-state index is 15.6. The van der Waals surface area contributed by atoms with Gasteiger partial charge in [0.05, 0.1) is 19.2 Å². The predicted octanol–water partition coefficient (Wildman–Crippen LogP) is 7.59. The minimum Gasteiger partial charge on any atom is -0.489 e. The highest BCUT2D eigenvalue weighted by Gasteiger charge is 2.60. The molecular weight excluding hydrogens is 512 g/mol. The Hall–Kier alpha value is -3.48. The molecule has 3 atom stereocenters. The van der Waals surface area contributed by atoms with Gasteiger partial charge in [-0.1, -0.05) is 26.3 Å². The molecular formula is C33H35F2NO4. The highest BCUT2D eigenvalue weighted by Crippen LogP contribution is 2.61. The lowest BCUT2D eigenvalue weighted by Crippen LogP contribution is -2.21. The van der Waals surface area contributed by atoms with Gasteiger partial charge in [-0.25, -0.2) is 13.8 Å². The van der Waals surface area contributed by atoms with Gasteiger partial charge in [0.15, 0.2) is 0 Å². The summed E-state index contributed by atoms with van der Waals surface area (Å²) in [5, 5.41) is 9.65. The Morgan fingerprint density at radius 1 is 1.07 bits per heavy atom. The summed E-state index contributed by atoms with van der Waals surface area (Å²) in [6.07, 6.45) is 7.58. The van der Waals surface area contributed by atoms with Crippen LogP contribution in [0.25, 0.3) is 11.1 Å². The number of rotatable bonds is 7. The summed E-state index contributed by atoms with van der Waals surface area (Å²) in [6, 6.07) is 10.7. The van der Waals surface area contributed by atoms with E-state index in [4.69, 9.17) is 9.47 Å². The van der Waals surface area contributed by atoms with Crippen molar-refractivity contribution in [2.75, 3.05) is 7.11 Å². The number of methoxy groups -OCH3 is 1. The molecule has 5 nitrogen and oxygen atoms in total. The number of carbonyl (C=O) groups is 1. The fourth-order valence-electron chi connectivity index (χ4n) is 7.33. The number of aliphatic carboxylic acids is 1. The number of nitrogens with zero attached hydrogens (tertiary/aromatic N) is 1. The van der Waals surface area contributed by atoms with Crippen molar-refractivity contribution in [2.45, 2.75) is 76.7 Å². The molecule has 2 fully saturated rings. The zero-order valence-corrected chi connectivity index (χ0v) is 23.2. The van der Waals surface area contributed by atoms with Gasteiger partial charge in [-0.2, -0.15) is 0 Å². The van der Waals surface area contributed by atoms with Crippen LogP contribution in [0.2, 0.25) is 0 Å². The Kier molecular flexibility index (Phi) is 6.59. The van der Waals surface area contributed by atoms with Crippen LogP contribution in [0.1, 0.15) is 80.5 Å². The van der Waals surface area contributed by atoms with Crippen molar-refractivity contribution >= 4 is 5.97 Å². The number of carboxylic acids is 1. The van der Waals surface area contributed by atoms with E-state index in [1.807, 2.05) is 24.3 Å². The fourth-order valence-corrected chi connectivity index (χ4v) is 7.33. The van der Waals surface area contributed by atoms with E-state index in [9.17, 15) is 9.90 Å². The van der Waals surface area contributed by atoms with E-state index in [1.54, 1.807) is 0 Å². The molecule has 7 heteroatoms. The number of fused-ring (bicyclic) bond motifs is 2. The molecule has 0 radical (unpaired) electrons. The number of hydrogen-bond acceptors (Lipinski definition) is 4. The monoisotopic (exact) mass is 547 g/mol. The zero-order valence-electron chi connectivity index (χ0n) is 23.2. The molecule has 6 rings (SSSR count). The first-order valence-corrected chi connectivity index (χ1v) is 14.1. The van der Waals surface area contributed by atoms with Crippen LogP contribution in [0, 0.1) is 23.0 Å². The largest absolute Gasteiger partial charge is 0.489 e. The third kappa shape index (κ3) is 4.53. The summed E-state index contributed by atoms with van der Waals surface area (Å²) >= 11 is 0. The predicted molar refractivity (Wildman–Crippen MR) is 148 cm³/mol. The van der Waals surface area contributed by atoms with E-state index >= 15 is 8.78 Å². The lowest BCUT2D eigenvalue weighted by atomic mass is 9.75. The molecule has 1 aromatic heterocycles. The number of pyridine rings is 1. The summed E-state index contributed by atoms with van der Waals surface area (Å²) in [6.45, 7) is 4.44. The summed E-state index contributed by atoms with van der Waals surface area (Å²) < 4.78 is 42.1. The quantitative estimate of drug-likeness (QED) is 0.330. The van der Waals surface area contributed by atoms with Gasteiger partial charge >= 0.3 is 5.97 Å². The number of ether oxygens (including phenoxy) is 2. The Balaban J connectivity index is 1.34. The number of benzene rings is 2. The molecule has 3 aromatic rings. The maximum Gasteiger partial charge on any atom is 0.307 e. The highest BCUT2D eigenvalue weighted by molar-refractivity contribution is 5.78. The number of halogens is 2. The van der Waals surface area contributed by atoms with Crippen molar-refractivity contribution in [1.29, 1.82) is 0 Å². The van der Waals surface area contributed by atoms with E-state index in [1.165, 1.54) is 24.8 Å². The lowest BCUT2D eigenvalue weighted by Gasteiger charge is -2.30. The standard InChI is InChI=1S/C33H35F2NO4/c1-32(2)10-5-7-25(32)23-12-20(28(34)14-22(23)24-15-30(39-3)36-17-29(24)35)18-40-21-9-8-19-6-4-11-33(26(19)13-21)16-27(33)31(37)38/h8-9,12-15,17,25,27H,4-7,10-11,16,18H2,1-3H3,(H,37,38)/t25-,27-,33-/m0/s1. The minimum atomic E-state index is -0.744.